The van der Waals surface area contributed by atoms with Gasteiger partial charge in [-0.15, -0.1) is 0 Å². The van der Waals surface area contributed by atoms with E-state index in [0.717, 1.165) is 22.7 Å². The number of imidazole rings is 1. The van der Waals surface area contributed by atoms with Gasteiger partial charge >= 0.3 is 0 Å². The predicted molar refractivity (Wildman–Crippen MR) is 84.0 cm³/mol. The summed E-state index contributed by atoms with van der Waals surface area (Å²) in [7, 11) is 0. The van der Waals surface area contributed by atoms with Crippen molar-refractivity contribution >= 4 is 11.7 Å². The number of rotatable bonds is 6. The lowest BCUT2D eigenvalue weighted by atomic mass is 10.1. The number of hydrogen-bond acceptors (Lipinski definition) is 5. The number of aryl methyl sites for hydroxylation is 2. The van der Waals surface area contributed by atoms with Gasteiger partial charge in [-0.25, -0.2) is 9.97 Å². The molecule has 0 saturated heterocycles. The molecule has 3 rings (SSSR count). The Kier molecular flexibility index (Phi) is 4.36. The molecule has 3 aromatic rings. The van der Waals surface area contributed by atoms with E-state index in [4.69, 9.17) is 4.52 Å². The van der Waals surface area contributed by atoms with Crippen LogP contribution in [0.15, 0.2) is 29.2 Å². The molecule has 0 aromatic carbocycles. The molecule has 0 saturated carbocycles. The number of aromatic nitrogens is 4. The lowest BCUT2D eigenvalue weighted by Crippen LogP contribution is -2.26. The van der Waals surface area contributed by atoms with Crippen molar-refractivity contribution in [1.29, 1.82) is 0 Å². The zero-order chi connectivity index (χ0) is 16.2. The maximum Gasteiger partial charge on any atom is 0.233 e. The normalized spacial score (nSPS) is 11.0. The summed E-state index contributed by atoms with van der Waals surface area (Å²) < 4.78 is 6.97. The van der Waals surface area contributed by atoms with Crippen molar-refractivity contribution in [3.63, 3.8) is 0 Å². The Balaban J connectivity index is 1.46. The fourth-order valence-corrected chi connectivity index (χ4v) is 2.52. The van der Waals surface area contributed by atoms with E-state index in [9.17, 15) is 4.79 Å². The molecule has 23 heavy (non-hydrogen) atoms. The van der Waals surface area contributed by atoms with Crippen LogP contribution in [0.3, 0.4) is 0 Å². The first-order valence-corrected chi connectivity index (χ1v) is 7.60. The molecule has 3 aromatic heterocycles. The minimum absolute atomic E-state index is 0.0203. The summed E-state index contributed by atoms with van der Waals surface area (Å²) in [6.07, 6.45) is 7.29. The van der Waals surface area contributed by atoms with Crippen molar-refractivity contribution in [2.75, 3.05) is 6.54 Å². The molecule has 0 unspecified atom stereocenters. The van der Waals surface area contributed by atoms with Gasteiger partial charge in [0.05, 0.1) is 11.4 Å². The number of amides is 1. The lowest BCUT2D eigenvalue weighted by molar-refractivity contribution is -0.121. The quantitative estimate of drug-likeness (QED) is 0.747. The second kappa shape index (κ2) is 6.60. The molecular weight excluding hydrogens is 294 g/mol. The van der Waals surface area contributed by atoms with E-state index < -0.39 is 0 Å². The third-order valence-corrected chi connectivity index (χ3v) is 3.77. The monoisotopic (exact) mass is 313 g/mol. The molecule has 7 heteroatoms. The zero-order valence-corrected chi connectivity index (χ0v) is 13.2. The first-order valence-electron chi connectivity index (χ1n) is 7.60. The van der Waals surface area contributed by atoms with Gasteiger partial charge in [0.1, 0.15) is 5.76 Å². The van der Waals surface area contributed by atoms with E-state index in [1.54, 1.807) is 6.20 Å². The van der Waals surface area contributed by atoms with Crippen molar-refractivity contribution in [1.82, 2.24) is 24.8 Å². The predicted octanol–water partition coefficient (Wildman–Crippen LogP) is 1.63. The van der Waals surface area contributed by atoms with Crippen LogP contribution in [0.5, 0.6) is 0 Å². The molecule has 0 radical (unpaired) electrons. The minimum atomic E-state index is 0.0203. The largest absolute Gasteiger partial charge is 0.361 e. The molecule has 0 bridgehead atoms. The van der Waals surface area contributed by atoms with E-state index in [1.807, 2.05) is 36.7 Å². The van der Waals surface area contributed by atoms with Gasteiger partial charge in [-0.2, -0.15) is 0 Å². The third-order valence-electron chi connectivity index (χ3n) is 3.77. The Bertz CT molecular complexity index is 768. The van der Waals surface area contributed by atoms with Crippen molar-refractivity contribution < 1.29 is 9.32 Å². The van der Waals surface area contributed by atoms with Gasteiger partial charge < -0.3 is 9.84 Å². The number of nitrogens with zero attached hydrogens (tertiary/aromatic N) is 4. The molecule has 0 aliphatic heterocycles. The molecule has 7 nitrogen and oxygen atoms in total. The topological polar surface area (TPSA) is 85.3 Å². The number of fused-ring (bicyclic) bond motifs is 1. The van der Waals surface area contributed by atoms with Crippen LogP contribution in [0.4, 0.5) is 0 Å². The maximum atomic E-state index is 11.9. The van der Waals surface area contributed by atoms with Crippen LogP contribution in [-0.2, 0) is 17.6 Å². The van der Waals surface area contributed by atoms with Crippen LogP contribution in [0, 0.1) is 13.8 Å². The molecule has 0 fully saturated rings. The molecule has 0 aliphatic rings. The highest BCUT2D eigenvalue weighted by Crippen LogP contribution is 2.14. The average Bonchev–Trinajstić information content (AvgIpc) is 3.08. The summed E-state index contributed by atoms with van der Waals surface area (Å²) in [6, 6.07) is 1.86. The van der Waals surface area contributed by atoms with Gasteiger partial charge in [-0.1, -0.05) is 5.16 Å². The number of hydrogen-bond donors (Lipinski definition) is 1. The number of nitrogens with one attached hydrogen (secondary N) is 1. The summed E-state index contributed by atoms with van der Waals surface area (Å²) >= 11 is 0. The van der Waals surface area contributed by atoms with Crippen LogP contribution in [0.25, 0.3) is 5.78 Å². The Hall–Kier alpha value is -2.70. The van der Waals surface area contributed by atoms with Crippen molar-refractivity contribution in [3.8, 4) is 0 Å². The Morgan fingerprint density at radius 1 is 1.35 bits per heavy atom. The maximum absolute atomic E-state index is 11.9. The van der Waals surface area contributed by atoms with E-state index in [2.05, 4.69) is 20.4 Å². The molecule has 120 valence electrons. The van der Waals surface area contributed by atoms with E-state index in [0.29, 0.717) is 31.6 Å². The Morgan fingerprint density at radius 3 is 2.96 bits per heavy atom. The molecule has 1 N–H and O–H groups in total. The van der Waals surface area contributed by atoms with Crippen LogP contribution in [0.1, 0.15) is 29.1 Å². The van der Waals surface area contributed by atoms with Gasteiger partial charge in [-0.05, 0) is 26.3 Å². The van der Waals surface area contributed by atoms with Gasteiger partial charge in [0.15, 0.2) is 0 Å². The lowest BCUT2D eigenvalue weighted by Gasteiger charge is -2.04. The SMILES string of the molecule is Cc1noc(C)c1CCC(=O)NCCc1cn2cccnc2n1. The van der Waals surface area contributed by atoms with Crippen LogP contribution < -0.4 is 5.32 Å². The fourth-order valence-electron chi connectivity index (χ4n) is 2.52. The summed E-state index contributed by atoms with van der Waals surface area (Å²) in [6.45, 7) is 4.32. The summed E-state index contributed by atoms with van der Waals surface area (Å²) in [5.74, 6) is 1.48. The van der Waals surface area contributed by atoms with E-state index >= 15 is 0 Å². The van der Waals surface area contributed by atoms with Gasteiger partial charge in [0.2, 0.25) is 11.7 Å². The standard InChI is InChI=1S/C16H19N5O2/c1-11-14(12(2)23-20-11)4-5-15(22)17-8-6-13-10-21-9-3-7-18-16(21)19-13/h3,7,9-10H,4-6,8H2,1-2H3,(H,17,22). The average molecular weight is 313 g/mol. The van der Waals surface area contributed by atoms with Gasteiger partial charge in [-0.3, -0.25) is 9.20 Å². The Labute approximate surface area is 133 Å². The van der Waals surface area contributed by atoms with Gasteiger partial charge in [0, 0.05) is 43.5 Å². The third kappa shape index (κ3) is 3.56. The molecule has 0 spiro atoms. The molecule has 3 heterocycles. The fraction of sp³-hybridized carbons (Fsp3) is 0.375. The summed E-state index contributed by atoms with van der Waals surface area (Å²) in [5.41, 5.74) is 2.79. The molecule has 1 amide bonds. The molecule has 0 aliphatic carbocycles. The highest BCUT2D eigenvalue weighted by atomic mass is 16.5. The van der Waals surface area contributed by atoms with E-state index in [-0.39, 0.29) is 5.91 Å². The molecular formula is C16H19N5O2. The number of carbonyl (C=O) groups excluding carboxylic acids is 1. The van der Waals surface area contributed by atoms with Gasteiger partial charge in [0.25, 0.3) is 0 Å². The summed E-state index contributed by atoms with van der Waals surface area (Å²) in [4.78, 5) is 20.5. The van der Waals surface area contributed by atoms with Crippen LogP contribution >= 0.6 is 0 Å². The highest BCUT2D eigenvalue weighted by molar-refractivity contribution is 5.76. The minimum Gasteiger partial charge on any atom is -0.361 e. The highest BCUT2D eigenvalue weighted by Gasteiger charge is 2.11. The molecule has 0 atom stereocenters. The van der Waals surface area contributed by atoms with Crippen molar-refractivity contribution in [3.05, 3.63) is 47.4 Å². The number of carbonyl (C=O) groups is 1. The second-order valence-corrected chi connectivity index (χ2v) is 5.46. The smallest absolute Gasteiger partial charge is 0.233 e. The van der Waals surface area contributed by atoms with Crippen molar-refractivity contribution in [2.45, 2.75) is 33.1 Å². The second-order valence-electron chi connectivity index (χ2n) is 5.46. The summed E-state index contributed by atoms with van der Waals surface area (Å²) in [5, 5.41) is 6.81. The first kappa shape index (κ1) is 15.2. The van der Waals surface area contributed by atoms with Crippen LogP contribution in [-0.4, -0.2) is 32.0 Å². The van der Waals surface area contributed by atoms with E-state index in [1.165, 1.54) is 0 Å². The Morgan fingerprint density at radius 2 is 2.22 bits per heavy atom. The van der Waals surface area contributed by atoms with Crippen LogP contribution in [0.2, 0.25) is 0 Å². The van der Waals surface area contributed by atoms with Crippen molar-refractivity contribution in [2.24, 2.45) is 0 Å². The first-order chi connectivity index (χ1) is 11.1. The zero-order valence-electron chi connectivity index (χ0n) is 13.2.